The van der Waals surface area contributed by atoms with Crippen molar-refractivity contribution in [2.45, 2.75) is 25.1 Å². The van der Waals surface area contributed by atoms with Crippen LogP contribution in [0.2, 0.25) is 0 Å². The Balaban J connectivity index is 2.00. The lowest BCUT2D eigenvalue weighted by atomic mass is 10.2. The van der Waals surface area contributed by atoms with Crippen LogP contribution in [0.4, 0.5) is 0 Å². The third-order valence-corrected chi connectivity index (χ3v) is 2.35. The zero-order valence-corrected chi connectivity index (χ0v) is 8.17. The summed E-state index contributed by atoms with van der Waals surface area (Å²) in [5.74, 6) is -0.995. The van der Waals surface area contributed by atoms with Gasteiger partial charge in [0.2, 0.25) is 0 Å². The number of carbonyl (C=O) groups is 1. The molecular weight excluding hydrogens is 198 g/mol. The highest BCUT2D eigenvalue weighted by Gasteiger charge is 2.24. The Labute approximate surface area is 86.7 Å². The van der Waals surface area contributed by atoms with E-state index in [0.29, 0.717) is 6.42 Å². The van der Waals surface area contributed by atoms with E-state index in [0.717, 1.165) is 18.8 Å². The van der Waals surface area contributed by atoms with Gasteiger partial charge in [0, 0.05) is 18.3 Å². The molecule has 1 aromatic rings. The van der Waals surface area contributed by atoms with Crippen LogP contribution in [-0.4, -0.2) is 39.4 Å². The van der Waals surface area contributed by atoms with E-state index in [9.17, 15) is 4.79 Å². The summed E-state index contributed by atoms with van der Waals surface area (Å²) in [7, 11) is 0. The van der Waals surface area contributed by atoms with Crippen molar-refractivity contribution in [2.75, 3.05) is 6.61 Å². The maximum atomic E-state index is 10.6. The largest absolute Gasteiger partial charge is 0.480 e. The van der Waals surface area contributed by atoms with E-state index in [1.54, 1.807) is 12.5 Å². The molecule has 1 aromatic heterocycles. The monoisotopic (exact) mass is 211 g/mol. The Morgan fingerprint density at radius 1 is 1.87 bits per heavy atom. The predicted molar refractivity (Wildman–Crippen MR) is 51.3 cm³/mol. The second-order valence-electron chi connectivity index (χ2n) is 3.64. The summed E-state index contributed by atoms with van der Waals surface area (Å²) in [4.78, 5) is 14.6. The van der Waals surface area contributed by atoms with Gasteiger partial charge in [0.15, 0.2) is 0 Å². The van der Waals surface area contributed by atoms with Crippen LogP contribution in [0.15, 0.2) is 12.5 Å². The van der Waals surface area contributed by atoms with Gasteiger partial charge in [-0.3, -0.25) is 4.79 Å². The zero-order chi connectivity index (χ0) is 10.8. The third kappa shape index (κ3) is 2.54. The SMILES string of the molecule is N[C@@H](Cc1cncn1CC1CO1)C(=O)O. The maximum absolute atomic E-state index is 10.6. The number of hydrogen-bond donors (Lipinski definition) is 2. The molecule has 6 heteroatoms. The van der Waals surface area contributed by atoms with Crippen molar-refractivity contribution in [3.8, 4) is 0 Å². The van der Waals surface area contributed by atoms with Crippen LogP contribution in [-0.2, 0) is 22.5 Å². The number of aliphatic carboxylic acids is 1. The number of nitrogens with zero attached hydrogens (tertiary/aromatic N) is 2. The Hall–Kier alpha value is -1.40. The van der Waals surface area contributed by atoms with Crippen LogP contribution in [0.25, 0.3) is 0 Å². The van der Waals surface area contributed by atoms with Crippen molar-refractivity contribution in [3.05, 3.63) is 18.2 Å². The number of rotatable bonds is 5. The lowest BCUT2D eigenvalue weighted by Crippen LogP contribution is -2.33. The molecule has 1 aliphatic rings. The van der Waals surface area contributed by atoms with Crippen LogP contribution in [0.1, 0.15) is 5.69 Å². The average molecular weight is 211 g/mol. The van der Waals surface area contributed by atoms with E-state index in [1.165, 1.54) is 0 Å². The number of hydrogen-bond acceptors (Lipinski definition) is 4. The molecule has 2 atom stereocenters. The van der Waals surface area contributed by atoms with Crippen LogP contribution in [0.3, 0.4) is 0 Å². The molecule has 3 N–H and O–H groups in total. The Bertz CT molecular complexity index is 359. The van der Waals surface area contributed by atoms with E-state index in [-0.39, 0.29) is 6.10 Å². The number of nitrogens with two attached hydrogens (primary N) is 1. The quantitative estimate of drug-likeness (QED) is 0.624. The molecule has 1 fully saturated rings. The first-order valence-electron chi connectivity index (χ1n) is 4.76. The Kier molecular flexibility index (Phi) is 2.70. The fourth-order valence-corrected chi connectivity index (χ4v) is 1.39. The van der Waals surface area contributed by atoms with Crippen molar-refractivity contribution >= 4 is 5.97 Å². The minimum Gasteiger partial charge on any atom is -0.480 e. The Morgan fingerprint density at radius 2 is 2.60 bits per heavy atom. The number of carboxylic acid groups (broad SMARTS) is 1. The van der Waals surface area contributed by atoms with Crippen LogP contribution in [0, 0.1) is 0 Å². The molecule has 2 heterocycles. The molecule has 0 saturated carbocycles. The van der Waals surface area contributed by atoms with Crippen LogP contribution >= 0.6 is 0 Å². The fourth-order valence-electron chi connectivity index (χ4n) is 1.39. The molecular formula is C9H13N3O3. The smallest absolute Gasteiger partial charge is 0.320 e. The standard InChI is InChI=1S/C9H13N3O3/c10-8(9(13)14)1-6-2-11-5-12(6)3-7-4-15-7/h2,5,7-8H,1,3-4,10H2,(H,13,14)/t7?,8-/m0/s1. The molecule has 1 unspecified atom stereocenters. The number of imidazole rings is 1. The van der Waals surface area contributed by atoms with Crippen LogP contribution in [0.5, 0.6) is 0 Å². The highest BCUT2D eigenvalue weighted by molar-refractivity contribution is 5.73. The number of carboxylic acids is 1. The first-order chi connectivity index (χ1) is 7.16. The molecule has 1 saturated heterocycles. The summed E-state index contributed by atoms with van der Waals surface area (Å²) in [6.45, 7) is 1.49. The topological polar surface area (TPSA) is 93.7 Å². The lowest BCUT2D eigenvalue weighted by molar-refractivity contribution is -0.138. The fraction of sp³-hybridized carbons (Fsp3) is 0.556. The summed E-state index contributed by atoms with van der Waals surface area (Å²) in [5, 5.41) is 8.69. The summed E-state index contributed by atoms with van der Waals surface area (Å²) < 4.78 is 6.98. The first kappa shape index (κ1) is 10.1. The number of aromatic nitrogens is 2. The van der Waals surface area contributed by atoms with Gasteiger partial charge in [-0.05, 0) is 0 Å². The summed E-state index contributed by atoms with van der Waals surface area (Å²) >= 11 is 0. The second kappa shape index (κ2) is 4.00. The van der Waals surface area contributed by atoms with Gasteiger partial charge in [0.05, 0.1) is 25.6 Å². The molecule has 2 rings (SSSR count). The molecule has 0 aromatic carbocycles. The van der Waals surface area contributed by atoms with Gasteiger partial charge in [0.25, 0.3) is 0 Å². The summed E-state index contributed by atoms with van der Waals surface area (Å²) in [5.41, 5.74) is 6.28. The van der Waals surface area contributed by atoms with Gasteiger partial charge in [-0.2, -0.15) is 0 Å². The molecule has 0 radical (unpaired) electrons. The van der Waals surface area contributed by atoms with Gasteiger partial charge in [-0.25, -0.2) is 4.98 Å². The highest BCUT2D eigenvalue weighted by atomic mass is 16.6. The molecule has 15 heavy (non-hydrogen) atoms. The van der Waals surface area contributed by atoms with E-state index in [2.05, 4.69) is 4.98 Å². The Morgan fingerprint density at radius 3 is 3.20 bits per heavy atom. The van der Waals surface area contributed by atoms with Gasteiger partial charge < -0.3 is 20.1 Å². The van der Waals surface area contributed by atoms with Gasteiger partial charge >= 0.3 is 5.97 Å². The van der Waals surface area contributed by atoms with E-state index in [1.807, 2.05) is 4.57 Å². The summed E-state index contributed by atoms with van der Waals surface area (Å²) in [6.07, 6.45) is 3.86. The van der Waals surface area contributed by atoms with E-state index in [4.69, 9.17) is 15.6 Å². The van der Waals surface area contributed by atoms with Gasteiger partial charge in [-0.15, -0.1) is 0 Å². The van der Waals surface area contributed by atoms with Crippen molar-refractivity contribution in [2.24, 2.45) is 5.73 Å². The van der Waals surface area contributed by atoms with Crippen LogP contribution < -0.4 is 5.73 Å². The molecule has 0 spiro atoms. The highest BCUT2D eigenvalue weighted by Crippen LogP contribution is 2.13. The zero-order valence-electron chi connectivity index (χ0n) is 8.17. The normalized spacial score (nSPS) is 21.3. The van der Waals surface area contributed by atoms with Gasteiger partial charge in [-0.1, -0.05) is 0 Å². The minimum atomic E-state index is -0.995. The van der Waals surface area contributed by atoms with Crippen molar-refractivity contribution in [3.63, 3.8) is 0 Å². The molecule has 0 bridgehead atoms. The number of epoxide rings is 1. The molecule has 0 aliphatic carbocycles. The van der Waals surface area contributed by atoms with E-state index >= 15 is 0 Å². The predicted octanol–water partition coefficient (Wildman–Crippen LogP) is -0.764. The molecule has 82 valence electrons. The van der Waals surface area contributed by atoms with Crippen molar-refractivity contribution in [1.82, 2.24) is 9.55 Å². The maximum Gasteiger partial charge on any atom is 0.320 e. The molecule has 0 amide bonds. The van der Waals surface area contributed by atoms with Crippen molar-refractivity contribution < 1.29 is 14.6 Å². The summed E-state index contributed by atoms with van der Waals surface area (Å²) in [6, 6.07) is -0.874. The van der Waals surface area contributed by atoms with E-state index < -0.39 is 12.0 Å². The van der Waals surface area contributed by atoms with Crippen molar-refractivity contribution in [1.29, 1.82) is 0 Å². The third-order valence-electron chi connectivity index (χ3n) is 2.35. The second-order valence-corrected chi connectivity index (χ2v) is 3.64. The minimum absolute atomic E-state index is 0.249. The first-order valence-corrected chi connectivity index (χ1v) is 4.76. The average Bonchev–Trinajstić information content (AvgIpc) is 2.88. The number of ether oxygens (including phenoxy) is 1. The van der Waals surface area contributed by atoms with Gasteiger partial charge in [0.1, 0.15) is 6.04 Å². The lowest BCUT2D eigenvalue weighted by Gasteiger charge is -2.08. The molecule has 6 nitrogen and oxygen atoms in total. The molecule has 1 aliphatic heterocycles.